The Morgan fingerprint density at radius 2 is 1.88 bits per heavy atom. The van der Waals surface area contributed by atoms with Crippen molar-refractivity contribution in [3.63, 3.8) is 0 Å². The average Bonchev–Trinajstić information content (AvgIpc) is 3.30. The first-order chi connectivity index (χ1) is 12.7. The summed E-state index contributed by atoms with van der Waals surface area (Å²) in [6, 6.07) is 14.4. The number of carbonyl (C=O) groups excluding carboxylic acids is 1. The van der Waals surface area contributed by atoms with E-state index in [-0.39, 0.29) is 23.4 Å². The maximum atomic E-state index is 13.4. The van der Waals surface area contributed by atoms with E-state index in [1.165, 1.54) is 17.7 Å². The second-order valence-corrected chi connectivity index (χ2v) is 7.41. The van der Waals surface area contributed by atoms with Crippen molar-refractivity contribution in [3.05, 3.63) is 71.0 Å². The molecule has 2 fully saturated rings. The monoisotopic (exact) mass is 353 g/mol. The molecule has 0 aliphatic carbocycles. The summed E-state index contributed by atoms with van der Waals surface area (Å²) in [5, 5.41) is 0. The number of nitrogens with zero attached hydrogens (tertiary/aromatic N) is 1. The van der Waals surface area contributed by atoms with Gasteiger partial charge in [-0.25, -0.2) is 4.39 Å². The van der Waals surface area contributed by atoms with Crippen LogP contribution in [0.1, 0.15) is 29.2 Å². The lowest BCUT2D eigenvalue weighted by Crippen LogP contribution is -2.45. The molecule has 1 amide bonds. The lowest BCUT2D eigenvalue weighted by Gasteiger charge is -2.38. The summed E-state index contributed by atoms with van der Waals surface area (Å²) in [6.45, 7) is 1.81. The summed E-state index contributed by atoms with van der Waals surface area (Å²) in [5.41, 5.74) is 3.04. The molecule has 134 valence electrons. The number of epoxide rings is 1. The number of benzene rings is 2. The van der Waals surface area contributed by atoms with Crippen molar-refractivity contribution in [1.82, 2.24) is 4.90 Å². The SMILES string of the molecule is O=C([C@@H]1C[C@@]2(CO1)CO2)N1CCc2ccccc2[C@@H]1c1ccc(F)cc1. The third-order valence-electron chi connectivity index (χ3n) is 5.69. The van der Waals surface area contributed by atoms with Crippen LogP contribution in [-0.4, -0.2) is 42.3 Å². The van der Waals surface area contributed by atoms with Crippen molar-refractivity contribution < 1.29 is 18.7 Å². The Kier molecular flexibility index (Phi) is 3.62. The van der Waals surface area contributed by atoms with Gasteiger partial charge in [-0.05, 0) is 35.2 Å². The molecule has 0 saturated carbocycles. The second-order valence-electron chi connectivity index (χ2n) is 7.41. The van der Waals surface area contributed by atoms with Crippen LogP contribution in [0.5, 0.6) is 0 Å². The molecule has 4 nitrogen and oxygen atoms in total. The van der Waals surface area contributed by atoms with E-state index in [0.29, 0.717) is 26.2 Å². The molecule has 3 aliphatic heterocycles. The van der Waals surface area contributed by atoms with Crippen molar-refractivity contribution in [2.45, 2.75) is 30.6 Å². The van der Waals surface area contributed by atoms with Crippen LogP contribution in [0.3, 0.4) is 0 Å². The number of fused-ring (bicyclic) bond motifs is 1. The van der Waals surface area contributed by atoms with Gasteiger partial charge in [-0.3, -0.25) is 4.79 Å². The summed E-state index contributed by atoms with van der Waals surface area (Å²) in [4.78, 5) is 15.1. The molecule has 3 aliphatic rings. The van der Waals surface area contributed by atoms with Crippen LogP contribution >= 0.6 is 0 Å². The molecule has 0 bridgehead atoms. The smallest absolute Gasteiger partial charge is 0.252 e. The number of hydrogen-bond donors (Lipinski definition) is 0. The van der Waals surface area contributed by atoms with E-state index in [4.69, 9.17) is 9.47 Å². The third kappa shape index (κ3) is 2.63. The van der Waals surface area contributed by atoms with Crippen LogP contribution in [0.15, 0.2) is 48.5 Å². The molecule has 0 unspecified atom stereocenters. The van der Waals surface area contributed by atoms with Crippen LogP contribution in [0, 0.1) is 5.82 Å². The molecular formula is C21H20FNO3. The van der Waals surface area contributed by atoms with Gasteiger partial charge in [0.25, 0.3) is 5.91 Å². The predicted octanol–water partition coefficient (Wildman–Crippen LogP) is 2.86. The fourth-order valence-corrected chi connectivity index (χ4v) is 4.16. The van der Waals surface area contributed by atoms with E-state index < -0.39 is 6.10 Å². The first kappa shape index (κ1) is 16.0. The molecule has 0 N–H and O–H groups in total. The van der Waals surface area contributed by atoms with Crippen molar-refractivity contribution in [2.24, 2.45) is 0 Å². The van der Waals surface area contributed by atoms with E-state index in [0.717, 1.165) is 17.5 Å². The number of amides is 1. The Morgan fingerprint density at radius 3 is 2.62 bits per heavy atom. The van der Waals surface area contributed by atoms with E-state index in [1.807, 2.05) is 17.0 Å². The molecule has 0 radical (unpaired) electrons. The maximum Gasteiger partial charge on any atom is 0.252 e. The minimum atomic E-state index is -0.453. The molecule has 3 heterocycles. The lowest BCUT2D eigenvalue weighted by atomic mass is 9.87. The van der Waals surface area contributed by atoms with Crippen LogP contribution in [0.2, 0.25) is 0 Å². The van der Waals surface area contributed by atoms with Gasteiger partial charge < -0.3 is 14.4 Å². The maximum absolute atomic E-state index is 13.4. The first-order valence-corrected chi connectivity index (χ1v) is 9.05. The fourth-order valence-electron chi connectivity index (χ4n) is 4.16. The zero-order valence-corrected chi connectivity index (χ0v) is 14.4. The summed E-state index contributed by atoms with van der Waals surface area (Å²) in [7, 11) is 0. The van der Waals surface area contributed by atoms with Gasteiger partial charge in [-0.2, -0.15) is 0 Å². The van der Waals surface area contributed by atoms with Crippen molar-refractivity contribution in [1.29, 1.82) is 0 Å². The molecule has 2 aromatic rings. The van der Waals surface area contributed by atoms with Crippen LogP contribution < -0.4 is 0 Å². The van der Waals surface area contributed by atoms with Gasteiger partial charge in [0.2, 0.25) is 0 Å². The highest BCUT2D eigenvalue weighted by Crippen LogP contribution is 2.41. The van der Waals surface area contributed by atoms with Gasteiger partial charge in [0, 0.05) is 13.0 Å². The largest absolute Gasteiger partial charge is 0.367 e. The molecule has 0 aromatic heterocycles. The second kappa shape index (κ2) is 5.89. The van der Waals surface area contributed by atoms with Crippen LogP contribution in [0.25, 0.3) is 0 Å². The Labute approximate surface area is 151 Å². The standard InChI is InChI=1S/C21H20FNO3/c22-16-7-5-15(6-8-16)19-17-4-2-1-3-14(17)9-10-23(19)20(24)18-11-21(12-25-18)13-26-21/h1-8,18-19H,9-13H2/t18-,19-,21+/m0/s1. The van der Waals surface area contributed by atoms with E-state index in [9.17, 15) is 9.18 Å². The highest BCUT2D eigenvalue weighted by atomic mass is 19.1. The molecule has 26 heavy (non-hydrogen) atoms. The fraction of sp³-hybridized carbons (Fsp3) is 0.381. The van der Waals surface area contributed by atoms with E-state index >= 15 is 0 Å². The summed E-state index contributed by atoms with van der Waals surface area (Å²) in [5.74, 6) is -0.274. The van der Waals surface area contributed by atoms with Gasteiger partial charge in [0.05, 0.1) is 19.3 Å². The predicted molar refractivity (Wildman–Crippen MR) is 93.1 cm³/mol. The summed E-state index contributed by atoms with van der Waals surface area (Å²) in [6.07, 6.45) is 0.986. The first-order valence-electron chi connectivity index (χ1n) is 9.05. The van der Waals surface area contributed by atoms with E-state index in [2.05, 4.69) is 12.1 Å². The van der Waals surface area contributed by atoms with Gasteiger partial charge >= 0.3 is 0 Å². The molecule has 1 spiro atoms. The molecule has 2 aromatic carbocycles. The average molecular weight is 353 g/mol. The molecule has 5 rings (SSSR count). The number of ether oxygens (including phenoxy) is 2. The highest BCUT2D eigenvalue weighted by Gasteiger charge is 2.54. The zero-order chi connectivity index (χ0) is 17.7. The Balaban J connectivity index is 1.51. The van der Waals surface area contributed by atoms with Gasteiger partial charge in [0.1, 0.15) is 17.5 Å². The summed E-state index contributed by atoms with van der Waals surface area (Å²) < 4.78 is 24.7. The highest BCUT2D eigenvalue weighted by molar-refractivity contribution is 5.83. The number of carbonyl (C=O) groups is 1. The molecular weight excluding hydrogens is 333 g/mol. The molecule has 3 atom stereocenters. The Hall–Kier alpha value is -2.24. The topological polar surface area (TPSA) is 42.1 Å². The Morgan fingerprint density at radius 1 is 1.12 bits per heavy atom. The number of rotatable bonds is 2. The lowest BCUT2D eigenvalue weighted by molar-refractivity contribution is -0.143. The van der Waals surface area contributed by atoms with Crippen molar-refractivity contribution >= 4 is 5.91 Å². The zero-order valence-electron chi connectivity index (χ0n) is 14.4. The van der Waals surface area contributed by atoms with E-state index in [1.54, 1.807) is 12.1 Å². The minimum Gasteiger partial charge on any atom is -0.367 e. The number of hydrogen-bond acceptors (Lipinski definition) is 3. The van der Waals surface area contributed by atoms with Gasteiger partial charge in [-0.15, -0.1) is 0 Å². The summed E-state index contributed by atoms with van der Waals surface area (Å²) >= 11 is 0. The Bertz CT molecular complexity index is 847. The molecule has 2 saturated heterocycles. The van der Waals surface area contributed by atoms with Crippen molar-refractivity contribution in [2.75, 3.05) is 19.8 Å². The normalized spacial score (nSPS) is 29.7. The van der Waals surface area contributed by atoms with Crippen LogP contribution in [-0.2, 0) is 20.7 Å². The van der Waals surface area contributed by atoms with Gasteiger partial charge in [-0.1, -0.05) is 36.4 Å². The quantitative estimate of drug-likeness (QED) is 0.780. The number of halogens is 1. The van der Waals surface area contributed by atoms with Gasteiger partial charge in [0.15, 0.2) is 0 Å². The van der Waals surface area contributed by atoms with Crippen molar-refractivity contribution in [3.8, 4) is 0 Å². The third-order valence-corrected chi connectivity index (χ3v) is 5.69. The molecule has 5 heteroatoms. The minimum absolute atomic E-state index is 0.00111. The van der Waals surface area contributed by atoms with Crippen LogP contribution in [0.4, 0.5) is 4.39 Å².